The van der Waals surface area contributed by atoms with Crippen LogP contribution in [0.15, 0.2) is 17.7 Å². The second kappa shape index (κ2) is 5.12. The summed E-state index contributed by atoms with van der Waals surface area (Å²) < 4.78 is 1.84. The predicted octanol–water partition coefficient (Wildman–Crippen LogP) is 2.29. The van der Waals surface area contributed by atoms with Gasteiger partial charge in [-0.3, -0.25) is 9.20 Å². The summed E-state index contributed by atoms with van der Waals surface area (Å²) in [7, 11) is 0. The molecule has 2 aromatic rings. The highest BCUT2D eigenvalue weighted by atomic mass is 35.5. The normalized spacial score (nSPS) is 17.9. The highest BCUT2D eigenvalue weighted by molar-refractivity contribution is 7.15. The Morgan fingerprint density at radius 1 is 1.57 bits per heavy atom. The van der Waals surface area contributed by atoms with Gasteiger partial charge in [-0.15, -0.1) is 11.3 Å². The van der Waals surface area contributed by atoms with Gasteiger partial charge < -0.3 is 10.0 Å². The first-order valence-electron chi connectivity index (χ1n) is 6.71. The molecule has 0 unspecified atom stereocenters. The Morgan fingerprint density at radius 2 is 2.29 bits per heavy atom. The van der Waals surface area contributed by atoms with E-state index in [1.807, 2.05) is 29.8 Å². The van der Waals surface area contributed by atoms with Crippen molar-refractivity contribution in [2.24, 2.45) is 5.92 Å². The van der Waals surface area contributed by atoms with Crippen LogP contribution in [0.25, 0.3) is 11.0 Å². The largest absolute Gasteiger partial charge is 0.386 e. The van der Waals surface area contributed by atoms with Crippen molar-refractivity contribution in [1.29, 1.82) is 0 Å². The molecule has 1 aliphatic rings. The molecule has 3 heterocycles. The zero-order chi connectivity index (χ0) is 15.2. The average molecular weight is 326 g/mol. The fourth-order valence-corrected chi connectivity index (χ4v) is 3.32. The third-order valence-electron chi connectivity index (χ3n) is 3.95. The Hall–Kier alpha value is -1.37. The van der Waals surface area contributed by atoms with Crippen LogP contribution < -0.4 is 0 Å². The molecule has 1 amide bonds. The van der Waals surface area contributed by atoms with Crippen LogP contribution in [-0.4, -0.2) is 44.0 Å². The lowest BCUT2D eigenvalue weighted by atomic mass is 9.83. The summed E-state index contributed by atoms with van der Waals surface area (Å²) in [5.41, 5.74) is -0.0563. The van der Waals surface area contributed by atoms with E-state index in [4.69, 9.17) is 11.6 Å². The Bertz CT molecular complexity index is 713. The SMILES string of the molecule is CC(C)C1(O)CN(C(=O)C=Cc2c(Cl)nc3sccn23)C1. The first kappa shape index (κ1) is 14.6. The number of halogens is 1. The fourth-order valence-electron chi connectivity index (χ4n) is 2.32. The molecule has 3 rings (SSSR count). The first-order chi connectivity index (χ1) is 9.90. The van der Waals surface area contributed by atoms with Gasteiger partial charge >= 0.3 is 0 Å². The molecule has 1 fully saturated rings. The number of nitrogens with zero attached hydrogens (tertiary/aromatic N) is 3. The summed E-state index contributed by atoms with van der Waals surface area (Å²) in [6.45, 7) is 4.66. The van der Waals surface area contributed by atoms with Crippen LogP contribution in [0.5, 0.6) is 0 Å². The molecule has 0 saturated carbocycles. The molecule has 0 bridgehead atoms. The highest BCUT2D eigenvalue weighted by Crippen LogP contribution is 2.29. The Balaban J connectivity index is 1.71. The van der Waals surface area contributed by atoms with E-state index in [1.165, 1.54) is 17.4 Å². The van der Waals surface area contributed by atoms with Crippen molar-refractivity contribution in [2.45, 2.75) is 19.4 Å². The van der Waals surface area contributed by atoms with Gasteiger partial charge in [0.05, 0.1) is 18.8 Å². The number of hydrogen-bond donors (Lipinski definition) is 1. The zero-order valence-corrected chi connectivity index (χ0v) is 13.4. The monoisotopic (exact) mass is 325 g/mol. The van der Waals surface area contributed by atoms with Crippen molar-refractivity contribution >= 4 is 39.9 Å². The molecular weight excluding hydrogens is 310 g/mol. The number of likely N-dealkylation sites (tertiary alicyclic amines) is 1. The minimum absolute atomic E-state index is 0.124. The van der Waals surface area contributed by atoms with E-state index in [-0.39, 0.29) is 11.8 Å². The van der Waals surface area contributed by atoms with Crippen LogP contribution in [0, 0.1) is 5.92 Å². The Kier molecular flexibility index (Phi) is 3.55. The average Bonchev–Trinajstić information content (AvgIpc) is 2.92. The topological polar surface area (TPSA) is 57.8 Å². The van der Waals surface area contributed by atoms with E-state index in [9.17, 15) is 9.90 Å². The molecule has 21 heavy (non-hydrogen) atoms. The van der Waals surface area contributed by atoms with Crippen molar-refractivity contribution < 1.29 is 9.90 Å². The molecule has 0 aromatic carbocycles. The summed E-state index contributed by atoms with van der Waals surface area (Å²) in [6.07, 6.45) is 5.02. The predicted molar refractivity (Wildman–Crippen MR) is 83.5 cm³/mol. The molecule has 112 valence electrons. The highest BCUT2D eigenvalue weighted by Gasteiger charge is 2.45. The molecule has 0 atom stereocenters. The number of carbonyl (C=O) groups excluding carboxylic acids is 1. The molecule has 1 aliphatic heterocycles. The van der Waals surface area contributed by atoms with Gasteiger partial charge in [0.15, 0.2) is 10.1 Å². The van der Waals surface area contributed by atoms with Gasteiger partial charge in [-0.05, 0) is 12.0 Å². The molecule has 7 heteroatoms. The fraction of sp³-hybridized carbons (Fsp3) is 0.429. The van der Waals surface area contributed by atoms with Crippen LogP contribution >= 0.6 is 22.9 Å². The summed E-state index contributed by atoms with van der Waals surface area (Å²) in [4.78, 5) is 18.7. The maximum absolute atomic E-state index is 12.1. The Morgan fingerprint density at radius 3 is 2.95 bits per heavy atom. The van der Waals surface area contributed by atoms with Gasteiger partial charge in [0, 0.05) is 17.7 Å². The van der Waals surface area contributed by atoms with E-state index in [2.05, 4.69) is 4.98 Å². The lowest BCUT2D eigenvalue weighted by Crippen LogP contribution is -2.65. The minimum Gasteiger partial charge on any atom is -0.386 e. The number of carbonyl (C=O) groups is 1. The Labute approximate surface area is 131 Å². The van der Waals surface area contributed by atoms with Crippen LogP contribution in [0.3, 0.4) is 0 Å². The van der Waals surface area contributed by atoms with E-state index < -0.39 is 5.60 Å². The van der Waals surface area contributed by atoms with Crippen molar-refractivity contribution in [2.75, 3.05) is 13.1 Å². The van der Waals surface area contributed by atoms with Gasteiger partial charge in [0.2, 0.25) is 5.91 Å². The maximum Gasteiger partial charge on any atom is 0.246 e. The number of fused-ring (bicyclic) bond motifs is 1. The van der Waals surface area contributed by atoms with Gasteiger partial charge in [-0.2, -0.15) is 0 Å². The van der Waals surface area contributed by atoms with E-state index in [0.29, 0.717) is 23.9 Å². The minimum atomic E-state index is -0.752. The summed E-state index contributed by atoms with van der Waals surface area (Å²) in [5.74, 6) is 0.0156. The second-order valence-electron chi connectivity index (χ2n) is 5.63. The van der Waals surface area contributed by atoms with Gasteiger partial charge in [-0.25, -0.2) is 4.98 Å². The van der Waals surface area contributed by atoms with E-state index >= 15 is 0 Å². The molecule has 0 aliphatic carbocycles. The van der Waals surface area contributed by atoms with Crippen LogP contribution in [0.2, 0.25) is 5.15 Å². The zero-order valence-electron chi connectivity index (χ0n) is 11.8. The standard InChI is InChI=1S/C14H16ClN3O2S/c1-9(2)14(20)7-17(8-14)11(19)4-3-10-12(15)16-13-18(10)5-6-21-13/h3-6,9,20H,7-8H2,1-2H3. The van der Waals surface area contributed by atoms with Crippen LogP contribution in [0.4, 0.5) is 0 Å². The summed E-state index contributed by atoms with van der Waals surface area (Å²) in [5, 5.41) is 12.5. The number of rotatable bonds is 3. The molecule has 1 N–H and O–H groups in total. The van der Waals surface area contributed by atoms with Crippen molar-refractivity contribution in [1.82, 2.24) is 14.3 Å². The van der Waals surface area contributed by atoms with Crippen molar-refractivity contribution in [3.63, 3.8) is 0 Å². The lowest BCUT2D eigenvalue weighted by molar-refractivity contribution is -0.158. The summed E-state index contributed by atoms with van der Waals surface area (Å²) in [6, 6.07) is 0. The molecule has 0 spiro atoms. The number of β-amino-alcohol motifs (C(OH)–C–C–N with tert-alkyl or cyclic N) is 1. The lowest BCUT2D eigenvalue weighted by Gasteiger charge is -2.48. The molecule has 0 radical (unpaired) electrons. The smallest absolute Gasteiger partial charge is 0.246 e. The van der Waals surface area contributed by atoms with Crippen LogP contribution in [-0.2, 0) is 4.79 Å². The number of aliphatic hydroxyl groups is 1. The van der Waals surface area contributed by atoms with Gasteiger partial charge in [0.1, 0.15) is 5.60 Å². The van der Waals surface area contributed by atoms with Gasteiger partial charge in [0.25, 0.3) is 0 Å². The third-order valence-corrected chi connectivity index (χ3v) is 4.99. The number of thiazole rings is 1. The molecule has 1 saturated heterocycles. The second-order valence-corrected chi connectivity index (χ2v) is 6.86. The number of hydrogen-bond acceptors (Lipinski definition) is 4. The van der Waals surface area contributed by atoms with Crippen molar-refractivity contribution in [3.05, 3.63) is 28.5 Å². The van der Waals surface area contributed by atoms with Gasteiger partial charge in [-0.1, -0.05) is 25.4 Å². The first-order valence-corrected chi connectivity index (χ1v) is 7.97. The third kappa shape index (κ3) is 2.47. The quantitative estimate of drug-likeness (QED) is 0.881. The molecule has 5 nitrogen and oxygen atoms in total. The number of amides is 1. The number of aromatic nitrogens is 2. The van der Waals surface area contributed by atoms with Crippen LogP contribution in [0.1, 0.15) is 19.5 Å². The van der Waals surface area contributed by atoms with E-state index in [0.717, 1.165) is 4.96 Å². The molecular formula is C14H16ClN3O2S. The van der Waals surface area contributed by atoms with Crippen molar-refractivity contribution in [3.8, 4) is 0 Å². The molecule has 2 aromatic heterocycles. The maximum atomic E-state index is 12.1. The van der Waals surface area contributed by atoms with E-state index in [1.54, 1.807) is 11.0 Å². The summed E-state index contributed by atoms with van der Waals surface area (Å²) >= 11 is 7.55. The number of imidazole rings is 1.